The summed E-state index contributed by atoms with van der Waals surface area (Å²) in [5.74, 6) is 0.436. The van der Waals surface area contributed by atoms with Crippen LogP contribution in [-0.4, -0.2) is 22.1 Å². The average molecular weight is 452 g/mol. The summed E-state index contributed by atoms with van der Waals surface area (Å²) in [6, 6.07) is 13.0. The third-order valence-corrected chi connectivity index (χ3v) is 6.06. The van der Waals surface area contributed by atoms with Gasteiger partial charge in [-0.3, -0.25) is 14.2 Å². The molecule has 8 heteroatoms. The number of benzene rings is 2. The van der Waals surface area contributed by atoms with Crippen molar-refractivity contribution in [3.63, 3.8) is 0 Å². The number of fused-ring (bicyclic) bond motifs is 1. The van der Waals surface area contributed by atoms with Gasteiger partial charge < -0.3 is 10.1 Å². The SMILES string of the molecule is CCOc1ccc(-c2c(C)sc3nc(C)n(CC(=O)Nc4ccc(F)cc4)c(=O)c23)cc1. The Morgan fingerprint density at radius 2 is 1.81 bits per heavy atom. The van der Waals surface area contributed by atoms with E-state index in [-0.39, 0.29) is 17.9 Å². The lowest BCUT2D eigenvalue weighted by atomic mass is 10.0. The Balaban J connectivity index is 1.71. The van der Waals surface area contributed by atoms with Crippen molar-refractivity contribution in [3.8, 4) is 16.9 Å². The Labute approximate surface area is 188 Å². The minimum Gasteiger partial charge on any atom is -0.494 e. The summed E-state index contributed by atoms with van der Waals surface area (Å²) < 4.78 is 20.0. The van der Waals surface area contributed by atoms with Crippen molar-refractivity contribution < 1.29 is 13.9 Å². The second-order valence-electron chi connectivity index (χ2n) is 7.28. The molecular weight excluding hydrogens is 429 g/mol. The van der Waals surface area contributed by atoms with Gasteiger partial charge in [0.15, 0.2) is 0 Å². The van der Waals surface area contributed by atoms with Crippen molar-refractivity contribution in [3.05, 3.63) is 75.4 Å². The van der Waals surface area contributed by atoms with E-state index in [1.54, 1.807) is 6.92 Å². The number of thiophene rings is 1. The number of anilines is 1. The second kappa shape index (κ2) is 8.92. The fourth-order valence-electron chi connectivity index (χ4n) is 3.59. The van der Waals surface area contributed by atoms with Crippen molar-refractivity contribution in [2.24, 2.45) is 0 Å². The highest BCUT2D eigenvalue weighted by molar-refractivity contribution is 7.19. The van der Waals surface area contributed by atoms with Gasteiger partial charge in [0.1, 0.15) is 28.8 Å². The first-order chi connectivity index (χ1) is 15.4. The first kappa shape index (κ1) is 21.7. The lowest BCUT2D eigenvalue weighted by Crippen LogP contribution is -2.30. The molecule has 0 spiro atoms. The lowest BCUT2D eigenvalue weighted by Gasteiger charge is -2.11. The van der Waals surface area contributed by atoms with Crippen LogP contribution in [0.5, 0.6) is 5.75 Å². The van der Waals surface area contributed by atoms with Crippen molar-refractivity contribution in [1.82, 2.24) is 9.55 Å². The molecule has 4 rings (SSSR count). The van der Waals surface area contributed by atoms with E-state index in [0.29, 0.717) is 28.3 Å². The highest BCUT2D eigenvalue weighted by Crippen LogP contribution is 2.36. The van der Waals surface area contributed by atoms with Gasteiger partial charge in [-0.1, -0.05) is 12.1 Å². The first-order valence-electron chi connectivity index (χ1n) is 10.2. The molecule has 0 aliphatic rings. The van der Waals surface area contributed by atoms with Crippen LogP contribution in [-0.2, 0) is 11.3 Å². The third-order valence-electron chi connectivity index (χ3n) is 5.06. The number of hydrogen-bond acceptors (Lipinski definition) is 5. The highest BCUT2D eigenvalue weighted by atomic mass is 32.1. The molecule has 0 radical (unpaired) electrons. The van der Waals surface area contributed by atoms with Crippen molar-refractivity contribution >= 4 is 33.1 Å². The molecule has 32 heavy (non-hydrogen) atoms. The molecular formula is C24H22FN3O3S. The maximum Gasteiger partial charge on any atom is 0.263 e. The summed E-state index contributed by atoms with van der Waals surface area (Å²) >= 11 is 1.46. The molecule has 6 nitrogen and oxygen atoms in total. The van der Waals surface area contributed by atoms with Gasteiger partial charge in [0.05, 0.1) is 12.0 Å². The number of carbonyl (C=O) groups is 1. The molecule has 0 fully saturated rings. The number of nitrogens with one attached hydrogen (secondary N) is 1. The number of amides is 1. The number of aryl methyl sites for hydroxylation is 2. The fraction of sp³-hybridized carbons (Fsp3) is 0.208. The van der Waals surface area contributed by atoms with Gasteiger partial charge in [-0.05, 0) is 62.7 Å². The van der Waals surface area contributed by atoms with Gasteiger partial charge in [0, 0.05) is 16.1 Å². The van der Waals surface area contributed by atoms with Crippen molar-refractivity contribution in [2.75, 3.05) is 11.9 Å². The van der Waals surface area contributed by atoms with Crippen LogP contribution < -0.4 is 15.6 Å². The predicted octanol–water partition coefficient (Wildman–Crippen LogP) is 4.92. The standard InChI is InChI=1S/C24H22FN3O3S/c1-4-31-19-11-5-16(6-12-19)21-14(2)32-23-22(21)24(30)28(15(3)26-23)13-20(29)27-18-9-7-17(25)8-10-18/h5-12H,4,13H2,1-3H3,(H,27,29). The largest absolute Gasteiger partial charge is 0.494 e. The summed E-state index contributed by atoms with van der Waals surface area (Å²) in [4.78, 5) is 32.2. The predicted molar refractivity (Wildman–Crippen MR) is 125 cm³/mol. The van der Waals surface area contributed by atoms with Gasteiger partial charge in [-0.25, -0.2) is 9.37 Å². The van der Waals surface area contributed by atoms with Crippen molar-refractivity contribution in [2.45, 2.75) is 27.3 Å². The fourth-order valence-corrected chi connectivity index (χ4v) is 4.67. The van der Waals surface area contributed by atoms with E-state index in [2.05, 4.69) is 10.3 Å². The van der Waals surface area contributed by atoms with Crippen LogP contribution in [0.3, 0.4) is 0 Å². The van der Waals surface area contributed by atoms with E-state index in [1.807, 2.05) is 38.1 Å². The zero-order valence-corrected chi connectivity index (χ0v) is 18.8. The number of halogens is 1. The summed E-state index contributed by atoms with van der Waals surface area (Å²) in [6.07, 6.45) is 0. The summed E-state index contributed by atoms with van der Waals surface area (Å²) in [5, 5.41) is 3.18. The number of hydrogen-bond donors (Lipinski definition) is 1. The molecule has 1 N–H and O–H groups in total. The number of ether oxygens (including phenoxy) is 1. The zero-order chi connectivity index (χ0) is 22.8. The maximum absolute atomic E-state index is 13.4. The number of carbonyl (C=O) groups excluding carboxylic acids is 1. The van der Waals surface area contributed by atoms with Crippen LogP contribution in [0.25, 0.3) is 21.3 Å². The number of rotatable bonds is 6. The Hall–Kier alpha value is -3.52. The van der Waals surface area contributed by atoms with Gasteiger partial charge >= 0.3 is 0 Å². The molecule has 0 aliphatic carbocycles. The monoisotopic (exact) mass is 451 g/mol. The van der Waals surface area contributed by atoms with E-state index in [9.17, 15) is 14.0 Å². The van der Waals surface area contributed by atoms with Gasteiger partial charge in [-0.2, -0.15) is 0 Å². The Bertz CT molecular complexity index is 1340. The molecule has 1 amide bonds. The minimum atomic E-state index is -0.391. The highest BCUT2D eigenvalue weighted by Gasteiger charge is 2.20. The molecule has 0 aliphatic heterocycles. The van der Waals surface area contributed by atoms with Gasteiger partial charge in [0.2, 0.25) is 5.91 Å². The quantitative estimate of drug-likeness (QED) is 0.452. The Kier molecular flexibility index (Phi) is 6.05. The van der Waals surface area contributed by atoms with Crippen LogP contribution in [0.4, 0.5) is 10.1 Å². The molecule has 0 atom stereocenters. The molecule has 2 aromatic carbocycles. The average Bonchev–Trinajstić information content (AvgIpc) is 3.09. The Morgan fingerprint density at radius 1 is 1.12 bits per heavy atom. The smallest absolute Gasteiger partial charge is 0.263 e. The molecule has 2 heterocycles. The first-order valence-corrected chi connectivity index (χ1v) is 11.0. The lowest BCUT2D eigenvalue weighted by molar-refractivity contribution is -0.116. The van der Waals surface area contributed by atoms with E-state index in [4.69, 9.17) is 4.74 Å². The maximum atomic E-state index is 13.4. The molecule has 164 valence electrons. The molecule has 4 aromatic rings. The third kappa shape index (κ3) is 4.27. The molecule has 0 bridgehead atoms. The summed E-state index contributed by atoms with van der Waals surface area (Å²) in [6.45, 7) is 5.97. The normalized spacial score (nSPS) is 11.0. The zero-order valence-electron chi connectivity index (χ0n) is 17.9. The summed E-state index contributed by atoms with van der Waals surface area (Å²) in [5.41, 5.74) is 1.90. The molecule has 2 aromatic heterocycles. The van der Waals surface area contributed by atoms with Crippen LogP contribution >= 0.6 is 11.3 Å². The second-order valence-corrected chi connectivity index (χ2v) is 8.48. The van der Waals surface area contributed by atoms with E-state index < -0.39 is 5.91 Å². The van der Waals surface area contributed by atoms with E-state index >= 15 is 0 Å². The number of aromatic nitrogens is 2. The molecule has 0 unspecified atom stereocenters. The minimum absolute atomic E-state index is 0.192. The van der Waals surface area contributed by atoms with Crippen LogP contribution in [0.1, 0.15) is 17.6 Å². The molecule has 0 saturated heterocycles. The topological polar surface area (TPSA) is 73.2 Å². The Morgan fingerprint density at radius 3 is 2.47 bits per heavy atom. The van der Waals surface area contributed by atoms with Gasteiger partial charge in [-0.15, -0.1) is 11.3 Å². The van der Waals surface area contributed by atoms with Gasteiger partial charge in [0.25, 0.3) is 5.56 Å². The number of nitrogens with zero attached hydrogens (tertiary/aromatic N) is 2. The molecule has 0 saturated carbocycles. The van der Waals surface area contributed by atoms with Crippen LogP contribution in [0, 0.1) is 19.7 Å². The van der Waals surface area contributed by atoms with Crippen LogP contribution in [0.2, 0.25) is 0 Å². The van der Waals surface area contributed by atoms with Crippen LogP contribution in [0.15, 0.2) is 53.3 Å². The van der Waals surface area contributed by atoms with E-state index in [1.165, 1.54) is 40.2 Å². The summed E-state index contributed by atoms with van der Waals surface area (Å²) in [7, 11) is 0. The van der Waals surface area contributed by atoms with Crippen molar-refractivity contribution in [1.29, 1.82) is 0 Å². The van der Waals surface area contributed by atoms with E-state index in [0.717, 1.165) is 21.8 Å².